The SMILES string of the molecule is CCOC(=O)C1CCCN(C(=O)CNCC2CCCO2)C1. The number of nitrogens with zero attached hydrogens (tertiary/aromatic N) is 1. The molecular formula is C15H26N2O4. The quantitative estimate of drug-likeness (QED) is 0.726. The lowest BCUT2D eigenvalue weighted by Crippen LogP contribution is -2.46. The van der Waals surface area contributed by atoms with E-state index in [0.29, 0.717) is 19.7 Å². The fourth-order valence-corrected chi connectivity index (χ4v) is 2.91. The predicted octanol–water partition coefficient (Wildman–Crippen LogP) is 0.557. The van der Waals surface area contributed by atoms with E-state index < -0.39 is 0 Å². The number of rotatable bonds is 6. The van der Waals surface area contributed by atoms with Crippen molar-refractivity contribution in [1.29, 1.82) is 0 Å². The summed E-state index contributed by atoms with van der Waals surface area (Å²) in [7, 11) is 0. The van der Waals surface area contributed by atoms with Crippen LogP contribution in [0.1, 0.15) is 32.6 Å². The van der Waals surface area contributed by atoms with Gasteiger partial charge in [-0.15, -0.1) is 0 Å². The summed E-state index contributed by atoms with van der Waals surface area (Å²) in [4.78, 5) is 25.7. The highest BCUT2D eigenvalue weighted by atomic mass is 16.5. The van der Waals surface area contributed by atoms with Crippen molar-refractivity contribution < 1.29 is 19.1 Å². The van der Waals surface area contributed by atoms with Crippen LogP contribution in [0.4, 0.5) is 0 Å². The molecule has 2 atom stereocenters. The Morgan fingerprint density at radius 2 is 2.19 bits per heavy atom. The van der Waals surface area contributed by atoms with E-state index in [9.17, 15) is 9.59 Å². The topological polar surface area (TPSA) is 67.9 Å². The van der Waals surface area contributed by atoms with Crippen LogP contribution in [-0.2, 0) is 19.1 Å². The fourth-order valence-electron chi connectivity index (χ4n) is 2.91. The summed E-state index contributed by atoms with van der Waals surface area (Å²) in [5, 5.41) is 3.16. The maximum atomic E-state index is 12.2. The number of hydrogen-bond donors (Lipinski definition) is 1. The van der Waals surface area contributed by atoms with Crippen molar-refractivity contribution in [1.82, 2.24) is 10.2 Å². The van der Waals surface area contributed by atoms with E-state index in [1.807, 2.05) is 0 Å². The van der Waals surface area contributed by atoms with Gasteiger partial charge in [-0.05, 0) is 32.6 Å². The molecule has 2 unspecified atom stereocenters. The Hall–Kier alpha value is -1.14. The minimum atomic E-state index is -0.178. The summed E-state index contributed by atoms with van der Waals surface area (Å²) in [5.74, 6) is -0.287. The fraction of sp³-hybridized carbons (Fsp3) is 0.867. The van der Waals surface area contributed by atoms with E-state index in [-0.39, 0.29) is 23.9 Å². The third-order valence-electron chi connectivity index (χ3n) is 4.07. The highest BCUT2D eigenvalue weighted by molar-refractivity contribution is 5.80. The van der Waals surface area contributed by atoms with Crippen LogP contribution >= 0.6 is 0 Å². The molecule has 2 saturated heterocycles. The molecule has 0 aromatic carbocycles. The van der Waals surface area contributed by atoms with Gasteiger partial charge in [-0.25, -0.2) is 0 Å². The summed E-state index contributed by atoms with van der Waals surface area (Å²) in [6.45, 7) is 5.28. The number of amides is 1. The van der Waals surface area contributed by atoms with Crippen LogP contribution in [0, 0.1) is 5.92 Å². The first-order valence-corrected chi connectivity index (χ1v) is 7.97. The van der Waals surface area contributed by atoms with Crippen molar-refractivity contribution >= 4 is 11.9 Å². The highest BCUT2D eigenvalue weighted by Gasteiger charge is 2.29. The molecule has 1 N–H and O–H groups in total. The monoisotopic (exact) mass is 298 g/mol. The summed E-state index contributed by atoms with van der Waals surface area (Å²) < 4.78 is 10.6. The van der Waals surface area contributed by atoms with E-state index in [1.54, 1.807) is 11.8 Å². The molecule has 0 radical (unpaired) electrons. The van der Waals surface area contributed by atoms with Gasteiger partial charge in [-0.2, -0.15) is 0 Å². The molecule has 0 aromatic rings. The van der Waals surface area contributed by atoms with Gasteiger partial charge in [0.1, 0.15) is 0 Å². The smallest absolute Gasteiger partial charge is 0.310 e. The molecule has 120 valence electrons. The first-order valence-electron chi connectivity index (χ1n) is 7.97. The number of piperidine rings is 1. The van der Waals surface area contributed by atoms with Crippen LogP contribution < -0.4 is 5.32 Å². The normalized spacial score (nSPS) is 25.9. The minimum absolute atomic E-state index is 0.0574. The van der Waals surface area contributed by atoms with E-state index in [1.165, 1.54) is 0 Å². The van der Waals surface area contributed by atoms with Crippen LogP contribution in [0.15, 0.2) is 0 Å². The molecule has 0 aliphatic carbocycles. The zero-order chi connectivity index (χ0) is 15.1. The molecule has 0 aromatic heterocycles. The molecule has 2 rings (SSSR count). The molecule has 6 nitrogen and oxygen atoms in total. The number of likely N-dealkylation sites (tertiary alicyclic amines) is 1. The maximum absolute atomic E-state index is 12.2. The molecule has 2 aliphatic rings. The Morgan fingerprint density at radius 1 is 1.33 bits per heavy atom. The number of hydrogen-bond acceptors (Lipinski definition) is 5. The first-order chi connectivity index (χ1) is 10.2. The van der Waals surface area contributed by atoms with Gasteiger partial charge in [0.05, 0.1) is 25.2 Å². The molecule has 21 heavy (non-hydrogen) atoms. The molecule has 6 heteroatoms. The first kappa shape index (κ1) is 16.2. The van der Waals surface area contributed by atoms with Crippen LogP contribution in [0.25, 0.3) is 0 Å². The standard InChI is InChI=1S/C15H26N2O4/c1-2-20-15(19)12-5-3-7-17(11-12)14(18)10-16-9-13-6-4-8-21-13/h12-13,16H,2-11H2,1H3. The number of carbonyl (C=O) groups excluding carboxylic acids is 2. The number of esters is 1. The summed E-state index contributed by atoms with van der Waals surface area (Å²) in [6, 6.07) is 0. The number of nitrogens with one attached hydrogen (secondary N) is 1. The van der Waals surface area contributed by atoms with Crippen molar-refractivity contribution in [2.75, 3.05) is 39.4 Å². The van der Waals surface area contributed by atoms with Gasteiger partial charge in [0.15, 0.2) is 0 Å². The average molecular weight is 298 g/mol. The van der Waals surface area contributed by atoms with Gasteiger partial charge < -0.3 is 19.7 Å². The van der Waals surface area contributed by atoms with Crippen LogP contribution in [0.5, 0.6) is 0 Å². The summed E-state index contributed by atoms with van der Waals surface area (Å²) >= 11 is 0. The lowest BCUT2D eigenvalue weighted by atomic mass is 9.98. The van der Waals surface area contributed by atoms with Gasteiger partial charge in [0, 0.05) is 26.2 Å². The number of ether oxygens (including phenoxy) is 2. The van der Waals surface area contributed by atoms with Crippen molar-refractivity contribution in [3.8, 4) is 0 Å². The van der Waals surface area contributed by atoms with Crippen LogP contribution in [-0.4, -0.2) is 62.3 Å². The Labute approximate surface area is 126 Å². The van der Waals surface area contributed by atoms with E-state index in [2.05, 4.69) is 5.32 Å². The van der Waals surface area contributed by atoms with Crippen LogP contribution in [0.3, 0.4) is 0 Å². The number of carbonyl (C=O) groups is 2. The predicted molar refractivity (Wildman–Crippen MR) is 77.8 cm³/mol. The third kappa shape index (κ3) is 4.97. The Balaban J connectivity index is 1.69. The Morgan fingerprint density at radius 3 is 2.90 bits per heavy atom. The summed E-state index contributed by atoms with van der Waals surface area (Å²) in [5.41, 5.74) is 0. The van der Waals surface area contributed by atoms with Gasteiger partial charge in [-0.3, -0.25) is 9.59 Å². The second-order valence-corrected chi connectivity index (χ2v) is 5.70. The molecule has 0 spiro atoms. The lowest BCUT2D eigenvalue weighted by Gasteiger charge is -2.31. The second kappa shape index (κ2) is 8.34. The van der Waals surface area contributed by atoms with Crippen molar-refractivity contribution in [3.63, 3.8) is 0 Å². The van der Waals surface area contributed by atoms with Crippen molar-refractivity contribution in [2.24, 2.45) is 5.92 Å². The van der Waals surface area contributed by atoms with Crippen LogP contribution in [0.2, 0.25) is 0 Å². The van der Waals surface area contributed by atoms with Crippen molar-refractivity contribution in [2.45, 2.75) is 38.7 Å². The van der Waals surface area contributed by atoms with E-state index >= 15 is 0 Å². The molecule has 2 heterocycles. The largest absolute Gasteiger partial charge is 0.466 e. The minimum Gasteiger partial charge on any atom is -0.466 e. The van der Waals surface area contributed by atoms with E-state index in [0.717, 1.165) is 45.4 Å². The van der Waals surface area contributed by atoms with Gasteiger partial charge in [0.25, 0.3) is 0 Å². The molecule has 2 aliphatic heterocycles. The average Bonchev–Trinajstić information content (AvgIpc) is 3.01. The molecular weight excluding hydrogens is 272 g/mol. The Bertz CT molecular complexity index is 356. The third-order valence-corrected chi connectivity index (χ3v) is 4.07. The molecule has 0 bridgehead atoms. The van der Waals surface area contributed by atoms with Crippen molar-refractivity contribution in [3.05, 3.63) is 0 Å². The molecule has 1 amide bonds. The van der Waals surface area contributed by atoms with E-state index in [4.69, 9.17) is 9.47 Å². The molecule has 0 saturated carbocycles. The highest BCUT2D eigenvalue weighted by Crippen LogP contribution is 2.18. The Kier molecular flexibility index (Phi) is 6.45. The zero-order valence-corrected chi connectivity index (χ0v) is 12.8. The van der Waals surface area contributed by atoms with Gasteiger partial charge in [0.2, 0.25) is 5.91 Å². The lowest BCUT2D eigenvalue weighted by molar-refractivity contribution is -0.151. The summed E-state index contributed by atoms with van der Waals surface area (Å²) in [6.07, 6.45) is 4.09. The zero-order valence-electron chi connectivity index (χ0n) is 12.8. The maximum Gasteiger partial charge on any atom is 0.310 e. The van der Waals surface area contributed by atoms with Gasteiger partial charge >= 0.3 is 5.97 Å². The second-order valence-electron chi connectivity index (χ2n) is 5.70. The molecule has 2 fully saturated rings. The van der Waals surface area contributed by atoms with Gasteiger partial charge in [-0.1, -0.05) is 0 Å².